The number of benzene rings is 1. The smallest absolute Gasteiger partial charge is 0.221 e. The van der Waals surface area contributed by atoms with Crippen LogP contribution < -0.4 is 10.6 Å². The van der Waals surface area contributed by atoms with Crippen LogP contribution in [0.15, 0.2) is 24.3 Å². The lowest BCUT2D eigenvalue weighted by Crippen LogP contribution is -2.47. The molecule has 6 heteroatoms. The molecule has 5 nitrogen and oxygen atoms in total. The van der Waals surface area contributed by atoms with Crippen LogP contribution in [0.25, 0.3) is 0 Å². The predicted molar refractivity (Wildman–Crippen MR) is 82.7 cm³/mol. The first kappa shape index (κ1) is 16.0. The van der Waals surface area contributed by atoms with Gasteiger partial charge in [-0.15, -0.1) is 0 Å². The van der Waals surface area contributed by atoms with Gasteiger partial charge in [0.05, 0.1) is 11.5 Å². The minimum absolute atomic E-state index is 0.0472. The van der Waals surface area contributed by atoms with E-state index in [1.807, 2.05) is 12.1 Å². The van der Waals surface area contributed by atoms with Crippen molar-refractivity contribution in [3.63, 3.8) is 0 Å². The van der Waals surface area contributed by atoms with Crippen LogP contribution in [0, 0.1) is 0 Å². The maximum Gasteiger partial charge on any atom is 0.221 e. The Morgan fingerprint density at radius 1 is 1.29 bits per heavy atom. The Balaban J connectivity index is 1.79. The van der Waals surface area contributed by atoms with Crippen molar-refractivity contribution < 1.29 is 13.2 Å². The van der Waals surface area contributed by atoms with Crippen molar-refractivity contribution in [1.29, 1.82) is 0 Å². The molecule has 0 aromatic heterocycles. The molecule has 116 valence electrons. The highest BCUT2D eigenvalue weighted by Gasteiger charge is 2.25. The summed E-state index contributed by atoms with van der Waals surface area (Å²) in [5, 5.41) is 5.92. The van der Waals surface area contributed by atoms with E-state index in [9.17, 15) is 13.2 Å². The number of carbonyl (C=O) groups excluding carboxylic acids is 1. The van der Waals surface area contributed by atoms with Crippen molar-refractivity contribution in [3.8, 4) is 0 Å². The highest BCUT2D eigenvalue weighted by Crippen LogP contribution is 2.07. The molecule has 0 radical (unpaired) electrons. The zero-order valence-corrected chi connectivity index (χ0v) is 13.1. The molecule has 1 aliphatic rings. The van der Waals surface area contributed by atoms with E-state index in [1.54, 1.807) is 0 Å². The standard InChI is InChI=1S/C15H22N2O3S/c1-2-12-3-5-13(6-4-12)10-17-15(18)9-14-11-21(19,20)8-7-16-14/h3-6,14,16H,2,7-11H2,1H3,(H,17,18). The Hall–Kier alpha value is -1.40. The summed E-state index contributed by atoms with van der Waals surface area (Å²) in [6.45, 7) is 3.00. The van der Waals surface area contributed by atoms with Gasteiger partial charge in [0.15, 0.2) is 9.84 Å². The van der Waals surface area contributed by atoms with E-state index in [-0.39, 0.29) is 29.9 Å². The summed E-state index contributed by atoms with van der Waals surface area (Å²) in [6.07, 6.45) is 1.20. The first-order valence-electron chi connectivity index (χ1n) is 7.27. The average molecular weight is 310 g/mol. The van der Waals surface area contributed by atoms with Gasteiger partial charge in [0.2, 0.25) is 5.91 Å². The van der Waals surface area contributed by atoms with Crippen LogP contribution in [0.1, 0.15) is 24.5 Å². The molecule has 2 N–H and O–H groups in total. The van der Waals surface area contributed by atoms with Crippen LogP contribution in [0.4, 0.5) is 0 Å². The number of amides is 1. The summed E-state index contributed by atoms with van der Waals surface area (Å²) in [7, 11) is -2.99. The Kier molecular flexibility index (Phi) is 5.36. The molecule has 1 atom stereocenters. The second-order valence-corrected chi connectivity index (χ2v) is 7.65. The lowest BCUT2D eigenvalue weighted by Gasteiger charge is -2.23. The number of sulfone groups is 1. The molecule has 0 spiro atoms. The zero-order valence-electron chi connectivity index (χ0n) is 12.3. The fourth-order valence-corrected chi connectivity index (χ4v) is 3.83. The molecule has 2 rings (SSSR count). The number of hydrogen-bond donors (Lipinski definition) is 2. The van der Waals surface area contributed by atoms with Gasteiger partial charge in [-0.1, -0.05) is 31.2 Å². The van der Waals surface area contributed by atoms with E-state index in [0.717, 1.165) is 12.0 Å². The van der Waals surface area contributed by atoms with Gasteiger partial charge in [0.1, 0.15) is 0 Å². The van der Waals surface area contributed by atoms with Gasteiger partial charge in [-0.2, -0.15) is 0 Å². The third kappa shape index (κ3) is 5.13. The average Bonchev–Trinajstić information content (AvgIpc) is 2.44. The minimum Gasteiger partial charge on any atom is -0.352 e. The molecule has 21 heavy (non-hydrogen) atoms. The third-order valence-corrected chi connectivity index (χ3v) is 5.39. The van der Waals surface area contributed by atoms with Crippen molar-refractivity contribution in [3.05, 3.63) is 35.4 Å². The quantitative estimate of drug-likeness (QED) is 0.837. The van der Waals surface area contributed by atoms with E-state index >= 15 is 0 Å². The van der Waals surface area contributed by atoms with Crippen LogP contribution in [-0.4, -0.2) is 38.4 Å². The second-order valence-electron chi connectivity index (χ2n) is 5.42. The molecule has 1 unspecified atom stereocenters. The SMILES string of the molecule is CCc1ccc(CNC(=O)CC2CS(=O)(=O)CCN2)cc1. The van der Waals surface area contributed by atoms with E-state index in [0.29, 0.717) is 13.1 Å². The highest BCUT2D eigenvalue weighted by molar-refractivity contribution is 7.91. The molecular formula is C15H22N2O3S. The predicted octanol–water partition coefficient (Wildman–Crippen LogP) is 0.642. The van der Waals surface area contributed by atoms with Gasteiger partial charge in [0, 0.05) is 25.6 Å². The van der Waals surface area contributed by atoms with Crippen molar-refractivity contribution >= 4 is 15.7 Å². The molecule has 1 heterocycles. The molecule has 1 amide bonds. The Morgan fingerprint density at radius 3 is 2.57 bits per heavy atom. The van der Waals surface area contributed by atoms with Gasteiger partial charge in [-0.3, -0.25) is 4.79 Å². The van der Waals surface area contributed by atoms with Gasteiger partial charge in [0.25, 0.3) is 0 Å². The summed E-state index contributed by atoms with van der Waals surface area (Å²) in [5.41, 5.74) is 2.31. The largest absolute Gasteiger partial charge is 0.352 e. The normalized spacial score (nSPS) is 20.9. The Morgan fingerprint density at radius 2 is 1.95 bits per heavy atom. The summed E-state index contributed by atoms with van der Waals surface area (Å²) < 4.78 is 23.0. The van der Waals surface area contributed by atoms with E-state index in [1.165, 1.54) is 5.56 Å². The number of aryl methyl sites for hydroxylation is 1. The van der Waals surface area contributed by atoms with Crippen molar-refractivity contribution in [2.24, 2.45) is 0 Å². The highest BCUT2D eigenvalue weighted by atomic mass is 32.2. The molecule has 0 saturated carbocycles. The molecule has 1 fully saturated rings. The summed E-state index contributed by atoms with van der Waals surface area (Å²) in [5.74, 6) is 0.0877. The fourth-order valence-electron chi connectivity index (χ4n) is 2.39. The molecule has 1 aromatic rings. The van der Waals surface area contributed by atoms with Crippen molar-refractivity contribution in [1.82, 2.24) is 10.6 Å². The maximum absolute atomic E-state index is 11.9. The summed E-state index contributed by atoms with van der Waals surface area (Å²) >= 11 is 0. The molecule has 1 aliphatic heterocycles. The number of nitrogens with one attached hydrogen (secondary N) is 2. The van der Waals surface area contributed by atoms with E-state index in [2.05, 4.69) is 29.7 Å². The van der Waals surface area contributed by atoms with Crippen molar-refractivity contribution in [2.75, 3.05) is 18.1 Å². The van der Waals surface area contributed by atoms with E-state index < -0.39 is 9.84 Å². The minimum atomic E-state index is -2.99. The lowest BCUT2D eigenvalue weighted by atomic mass is 10.1. The Bertz CT molecular complexity index is 581. The van der Waals surface area contributed by atoms with Crippen LogP contribution >= 0.6 is 0 Å². The first-order chi connectivity index (χ1) is 9.98. The van der Waals surface area contributed by atoms with Crippen molar-refractivity contribution in [2.45, 2.75) is 32.4 Å². The maximum atomic E-state index is 11.9. The summed E-state index contributed by atoms with van der Waals surface area (Å²) in [6, 6.07) is 7.84. The summed E-state index contributed by atoms with van der Waals surface area (Å²) in [4.78, 5) is 11.9. The molecule has 1 aromatic carbocycles. The monoisotopic (exact) mass is 310 g/mol. The van der Waals surface area contributed by atoms with Gasteiger partial charge in [-0.05, 0) is 17.5 Å². The van der Waals surface area contributed by atoms with Gasteiger partial charge in [-0.25, -0.2) is 8.42 Å². The first-order valence-corrected chi connectivity index (χ1v) is 9.09. The van der Waals surface area contributed by atoms with Crippen LogP contribution in [0.3, 0.4) is 0 Å². The van der Waals surface area contributed by atoms with Gasteiger partial charge >= 0.3 is 0 Å². The molecule has 1 saturated heterocycles. The second kappa shape index (κ2) is 7.04. The molecule has 0 aliphatic carbocycles. The number of carbonyl (C=O) groups is 1. The fraction of sp³-hybridized carbons (Fsp3) is 0.533. The number of hydrogen-bond acceptors (Lipinski definition) is 4. The Labute approximate surface area is 126 Å². The van der Waals surface area contributed by atoms with Gasteiger partial charge < -0.3 is 10.6 Å². The zero-order chi connectivity index (χ0) is 15.3. The molecule has 0 bridgehead atoms. The van der Waals surface area contributed by atoms with Crippen LogP contribution in [-0.2, 0) is 27.6 Å². The van der Waals surface area contributed by atoms with E-state index in [4.69, 9.17) is 0 Å². The third-order valence-electron chi connectivity index (χ3n) is 3.65. The molecular weight excluding hydrogens is 288 g/mol. The van der Waals surface area contributed by atoms with Crippen LogP contribution in [0.2, 0.25) is 0 Å². The number of rotatable bonds is 5. The van der Waals surface area contributed by atoms with Crippen LogP contribution in [0.5, 0.6) is 0 Å². The topological polar surface area (TPSA) is 75.3 Å². The lowest BCUT2D eigenvalue weighted by molar-refractivity contribution is -0.121.